The zero-order valence-electron chi connectivity index (χ0n) is 40.6. The molecule has 0 aliphatic heterocycles. The molecule has 8 aromatic rings. The summed E-state index contributed by atoms with van der Waals surface area (Å²) in [5.74, 6) is 0. The van der Waals surface area contributed by atoms with Gasteiger partial charge in [-0.25, -0.2) is 0 Å². The van der Waals surface area contributed by atoms with E-state index < -0.39 is 14.8 Å². The first kappa shape index (κ1) is 122. The molecule has 4 atom stereocenters. The number of nitro benzene ring substituents is 4. The summed E-state index contributed by atoms with van der Waals surface area (Å²) in [7, 11) is 2.29. The maximum atomic E-state index is 10.8. The van der Waals surface area contributed by atoms with Crippen LogP contribution in [0, 0.1) is 57.5 Å². The summed E-state index contributed by atoms with van der Waals surface area (Å²) in [6, 6.07) is 59.7. The minimum absolute atomic E-state index is 0. The van der Waals surface area contributed by atoms with Crippen molar-refractivity contribution in [3.05, 3.63) is 265 Å². The number of nitrogens with two attached hydrogens (primary N) is 1. The largest absolute Gasteiger partial charge is 1.00 e. The van der Waals surface area contributed by atoms with Gasteiger partial charge in [0.1, 0.15) is 31.0 Å². The molecule has 16 nitrogen and oxygen atoms in total. The van der Waals surface area contributed by atoms with Gasteiger partial charge < -0.3 is 20.6 Å². The second-order valence-electron chi connectivity index (χ2n) is 14.4. The van der Waals surface area contributed by atoms with Gasteiger partial charge in [-0.2, -0.15) is 0 Å². The molecular formula is C62H98Cl4FKN6NaO10P4+3. The number of aryl methyl sites for hydroxylation is 1. The summed E-state index contributed by atoms with van der Waals surface area (Å²) in [6.07, 6.45) is 0. The molecule has 4 unspecified atom stereocenters. The molecule has 0 aromatic heterocycles. The van der Waals surface area contributed by atoms with E-state index in [1.165, 1.54) is 39.4 Å². The topological polar surface area (TPSA) is 251 Å². The van der Waals surface area contributed by atoms with E-state index in [-0.39, 0.29) is 263 Å². The van der Waals surface area contributed by atoms with Crippen molar-refractivity contribution in [2.45, 2.75) is 103 Å². The van der Waals surface area contributed by atoms with Crippen LogP contribution >= 0.6 is 82.2 Å². The smallest absolute Gasteiger partial charge is 1.00 e. The van der Waals surface area contributed by atoms with Crippen LogP contribution in [0.3, 0.4) is 0 Å². The van der Waals surface area contributed by atoms with Crippen molar-refractivity contribution in [3.63, 3.8) is 0 Å². The van der Waals surface area contributed by atoms with Gasteiger partial charge in [0.15, 0.2) is 0 Å². The van der Waals surface area contributed by atoms with Gasteiger partial charge in [-0.3, -0.25) is 40.5 Å². The second kappa shape index (κ2) is 68.4. The summed E-state index contributed by atoms with van der Waals surface area (Å²) >= 11 is 17.0. The van der Waals surface area contributed by atoms with Gasteiger partial charge in [-0.1, -0.05) is 216 Å². The molecule has 0 heterocycles. The SMILES string of the molecule is C.C.C.C.C.C.C.C.C.C.C.C.C.Cc1ccc([PH2+]c2ccccc2)cc1[N+](=O)[O-].Cl.Nc1ccc(Cl)c([N+](=O)[O-])c1.O=N[O-].O=[N+]([O-])c1cc([PH2+]c2ccccc2)ccc1Cl.O=[N+]([O-])c1cc([PH2+]c2ccccc2)ccc1Cl.Pc1ccccc1.[18F-].[K+].[Na+]. The molecule has 0 amide bonds. The molecule has 2 N–H and O–H groups in total. The van der Waals surface area contributed by atoms with E-state index in [0.29, 0.717) is 11.3 Å². The van der Waals surface area contributed by atoms with Gasteiger partial charge >= 0.3 is 80.9 Å². The molecule has 0 saturated carbocycles. The Morgan fingerprint density at radius 2 is 0.629 bits per heavy atom. The number of nitro groups is 4. The van der Waals surface area contributed by atoms with E-state index in [9.17, 15) is 40.5 Å². The quantitative estimate of drug-likeness (QED) is 0.0337. The molecule has 0 saturated heterocycles. The molecule has 0 spiro atoms. The first-order valence-electron chi connectivity index (χ1n) is 20.7. The van der Waals surface area contributed by atoms with Crippen molar-refractivity contribution >= 4 is 148 Å². The third-order valence-electron chi connectivity index (χ3n) is 9.13. The molecule has 27 heteroatoms. The Kier molecular flexibility index (Phi) is 94.0. The van der Waals surface area contributed by atoms with Crippen molar-refractivity contribution < 1.29 is 105 Å². The van der Waals surface area contributed by atoms with Gasteiger partial charge in [0.25, 0.3) is 22.7 Å². The standard InChI is InChI=1S/C13H12NO2P.2C12H9ClNO2P.C6H5ClN2O2.C6H7P.13CH4.ClH.FH.K.HNO2.Na/c1-10-7-8-12(9-13(10)14(15)16)17-11-5-3-2-4-6-11;2*13-11-7-6-10(8-12(11)14(15)16)17-9-4-2-1-3-5-9;7-5-2-1-4(8)3-6(5)9(10)11;7-6-4-2-1-3-5-6;;;;;;;;;;;;;;;;;2-1-3;/h2-9,17H,1H3;2*1-8,17H;1-3H,8H2;1-5H,7H2;13*1H4;2*1H;;(H,2,3);/q;;;;;;;;;;;;;;;;;;;;+1;;+1/p+1/i;;;;;;;;;;;;;;;;;;;1-1;;;. The fraction of sp³-hybridized carbons (Fsp3) is 0.226. The Hall–Kier alpha value is -3.99. The zero-order valence-corrected chi connectivity index (χ0v) is 53.4. The number of hydrogen-bond donors (Lipinski definition) is 1. The summed E-state index contributed by atoms with van der Waals surface area (Å²) in [6.45, 7) is 1.76. The molecular weight excluding hydrogens is 1330 g/mol. The molecule has 8 rings (SSSR count). The van der Waals surface area contributed by atoms with Crippen LogP contribution < -0.4 is 129 Å². The molecule has 0 radical (unpaired) electrons. The van der Waals surface area contributed by atoms with Gasteiger partial charge in [-0.15, -0.1) is 27.0 Å². The number of halogens is 5. The Morgan fingerprint density at radius 3 is 0.865 bits per heavy atom. The van der Waals surface area contributed by atoms with Crippen molar-refractivity contribution in [1.82, 2.24) is 0 Å². The van der Waals surface area contributed by atoms with E-state index in [1.807, 2.05) is 133 Å². The van der Waals surface area contributed by atoms with E-state index in [0.717, 1.165) is 21.3 Å². The monoisotopic (exact) mass is 1430 g/mol. The summed E-state index contributed by atoms with van der Waals surface area (Å²) in [5, 5.41) is 59.9. The van der Waals surface area contributed by atoms with E-state index in [2.05, 4.69) is 21.4 Å². The minimum Gasteiger partial charge on any atom is -1.00 e. The maximum Gasteiger partial charge on any atom is 1.00 e. The van der Waals surface area contributed by atoms with E-state index >= 15 is 0 Å². The molecule has 0 bridgehead atoms. The number of anilines is 1. The fourth-order valence-corrected chi connectivity index (χ4v) is 10.3. The van der Waals surface area contributed by atoms with Crippen LogP contribution in [0.2, 0.25) is 15.1 Å². The van der Waals surface area contributed by atoms with Crippen LogP contribution in [0.15, 0.2) is 199 Å². The molecule has 0 fully saturated rings. The Labute approximate surface area is 626 Å². The van der Waals surface area contributed by atoms with Crippen LogP contribution in [0.25, 0.3) is 0 Å². The van der Waals surface area contributed by atoms with Crippen molar-refractivity contribution in [2.24, 2.45) is 5.34 Å². The molecule has 89 heavy (non-hydrogen) atoms. The molecule has 8 aromatic carbocycles. The predicted molar refractivity (Wildman–Crippen MR) is 403 cm³/mol. The number of nitrogens with zero attached hydrogens (tertiary/aromatic N) is 5. The van der Waals surface area contributed by atoms with Crippen LogP contribution in [0.5, 0.6) is 0 Å². The fourth-order valence-electron chi connectivity index (χ4n) is 5.78. The zero-order chi connectivity index (χ0) is 53.0. The number of rotatable bonds is 10. The van der Waals surface area contributed by atoms with Crippen molar-refractivity contribution in [2.75, 3.05) is 5.73 Å². The average molecular weight is 1430 g/mol. The van der Waals surface area contributed by atoms with Crippen molar-refractivity contribution in [3.8, 4) is 0 Å². The van der Waals surface area contributed by atoms with E-state index in [4.69, 9.17) is 50.7 Å². The van der Waals surface area contributed by atoms with E-state index in [1.54, 1.807) is 37.3 Å². The normalized spacial score (nSPS) is 8.24. The van der Waals surface area contributed by atoms with Crippen molar-refractivity contribution in [1.29, 1.82) is 0 Å². The number of benzene rings is 8. The first-order chi connectivity index (χ1) is 34.4. The van der Waals surface area contributed by atoms with Gasteiger partial charge in [-0.05, 0) is 97.2 Å². The Balaban J connectivity index is -0.0000000569. The third kappa shape index (κ3) is 48.4. The molecule has 490 valence electrons. The van der Waals surface area contributed by atoms with Crippen LogP contribution in [-0.2, 0) is 0 Å². The van der Waals surface area contributed by atoms with Crippen LogP contribution in [0.4, 0.5) is 28.4 Å². The summed E-state index contributed by atoms with van der Waals surface area (Å²) < 4.78 is 0. The third-order valence-corrected chi connectivity index (χ3v) is 14.7. The Morgan fingerprint density at radius 1 is 0.404 bits per heavy atom. The summed E-state index contributed by atoms with van der Waals surface area (Å²) in [4.78, 5) is 48.8. The average Bonchev–Trinajstić information content (AvgIpc) is 3.36. The second-order valence-corrected chi connectivity index (χ2v) is 21.1. The van der Waals surface area contributed by atoms with Gasteiger partial charge in [0.2, 0.25) is 0 Å². The summed E-state index contributed by atoms with van der Waals surface area (Å²) in [5.41, 5.74) is 6.36. The van der Waals surface area contributed by atoms with Crippen LogP contribution in [0.1, 0.15) is 102 Å². The predicted octanol–water partition coefficient (Wildman–Crippen LogP) is 10.5. The van der Waals surface area contributed by atoms with Gasteiger partial charge in [0, 0.05) is 17.3 Å². The van der Waals surface area contributed by atoms with Gasteiger partial charge in [0.05, 0.1) is 79.5 Å². The number of hydrogen-bond acceptors (Lipinski definition) is 12. The first-order valence-corrected chi connectivity index (χ1v) is 25.9. The minimum atomic E-state index is -0.571. The van der Waals surface area contributed by atoms with Crippen LogP contribution in [-0.4, -0.2) is 19.7 Å². The Bertz CT molecular complexity index is 2830. The molecule has 0 aliphatic carbocycles. The maximum absolute atomic E-state index is 10.8. The number of nitrogen functional groups attached to an aromatic ring is 1. The molecule has 0 aliphatic rings.